The predicted molar refractivity (Wildman–Crippen MR) is 280 cm³/mol. The largest absolute Gasteiger partial charge is 3.00 e. The molecular weight excluding hydrogens is 1150 g/mol. The molecule has 0 fully saturated rings. The second-order valence-electron chi connectivity index (χ2n) is 14.8. The summed E-state index contributed by atoms with van der Waals surface area (Å²) in [5.74, 6) is -2.61. The van der Waals surface area contributed by atoms with Gasteiger partial charge in [0.25, 0.3) is 0 Å². The van der Waals surface area contributed by atoms with Crippen molar-refractivity contribution in [1.82, 2.24) is 19.9 Å². The van der Waals surface area contributed by atoms with Gasteiger partial charge in [-0.2, -0.15) is 20.4 Å². The number of ketones is 2. The second-order valence-corrected chi connectivity index (χ2v) is 14.8. The van der Waals surface area contributed by atoms with Crippen LogP contribution in [0.15, 0.2) is 227 Å². The fourth-order valence-electron chi connectivity index (χ4n) is 5.73. The van der Waals surface area contributed by atoms with Crippen molar-refractivity contribution >= 4 is 47.3 Å². The minimum Gasteiger partial charge on any atom is -0.872 e. The van der Waals surface area contributed by atoms with Crippen molar-refractivity contribution in [2.24, 2.45) is 20.4 Å². The predicted octanol–water partition coefficient (Wildman–Crippen LogP) is 3.75. The van der Waals surface area contributed by atoms with Crippen LogP contribution in [0.3, 0.4) is 0 Å². The van der Waals surface area contributed by atoms with Crippen molar-refractivity contribution < 1.29 is 116 Å². The monoisotopic (exact) mass is 1200 g/mol. The fraction of sp³-hybridized carbons (Fsp3) is 0.0690. The first-order valence-corrected chi connectivity index (χ1v) is 22.5. The number of nitrogens with zero attached hydrogens (tertiary/aromatic N) is 8. The zero-order valence-electron chi connectivity index (χ0n) is 42.7. The van der Waals surface area contributed by atoms with E-state index in [1.807, 2.05) is 38.1 Å². The molecule has 2 N–H and O–H groups in total. The smallest absolute Gasteiger partial charge is 0.872 e. The quantitative estimate of drug-likeness (QED) is 0.0440. The van der Waals surface area contributed by atoms with Crippen LogP contribution < -0.4 is 30.6 Å². The van der Waals surface area contributed by atoms with E-state index in [0.29, 0.717) is 33.4 Å². The SMILES string of the molecule is CO.CO.Cc1ccc([O-])c(/C=N/N=C(\[O-])c2cnccn2)c1.Cc1ccc([O-])c(/C=N/N=C(\[O-])c2cnccn2)c1.O=C(/C=C(\[O-])c1ccccc1)c1ccccc1.O=C(/C=C(\[O-])c1ccccc1)c1ccccc1.[Y+3].[Y+3]. The van der Waals surface area contributed by atoms with E-state index in [0.717, 1.165) is 37.5 Å². The molecule has 0 spiro atoms. The first-order chi connectivity index (χ1) is 36.9. The van der Waals surface area contributed by atoms with Crippen LogP contribution in [0.5, 0.6) is 11.5 Å². The maximum atomic E-state index is 11.8. The zero-order chi connectivity index (χ0) is 55.5. The van der Waals surface area contributed by atoms with Gasteiger partial charge in [0.05, 0.1) is 36.2 Å². The number of carbonyl (C=O) groups is 2. The molecule has 20 heteroatoms. The number of aliphatic hydroxyl groups excluding tert-OH is 2. The number of benzene rings is 6. The second kappa shape index (κ2) is 39.3. The van der Waals surface area contributed by atoms with Crippen LogP contribution in [-0.2, 0) is 65.4 Å². The number of carbonyl (C=O) groups excluding carboxylic acids is 2. The Morgan fingerprint density at radius 2 is 0.756 bits per heavy atom. The maximum Gasteiger partial charge on any atom is 3.00 e. The molecule has 0 aliphatic rings. The summed E-state index contributed by atoms with van der Waals surface area (Å²) in [4.78, 5) is 38.6. The van der Waals surface area contributed by atoms with Crippen LogP contribution in [0, 0.1) is 13.8 Å². The van der Waals surface area contributed by atoms with Gasteiger partial charge in [-0.3, -0.25) is 29.5 Å². The molecule has 8 rings (SSSR count). The molecule has 0 bridgehead atoms. The summed E-state index contributed by atoms with van der Waals surface area (Å²) in [6.45, 7) is 3.72. The number of rotatable bonds is 12. The molecule has 78 heavy (non-hydrogen) atoms. The fourth-order valence-corrected chi connectivity index (χ4v) is 5.73. The van der Waals surface area contributed by atoms with Gasteiger partial charge in [0.1, 0.15) is 0 Å². The first-order valence-electron chi connectivity index (χ1n) is 22.5. The van der Waals surface area contributed by atoms with Crippen molar-refractivity contribution in [3.8, 4) is 11.5 Å². The van der Waals surface area contributed by atoms with Gasteiger partial charge in [-0.25, -0.2) is 0 Å². The molecule has 6 aromatic carbocycles. The molecule has 0 radical (unpaired) electrons. The van der Waals surface area contributed by atoms with Crippen molar-refractivity contribution in [3.63, 3.8) is 0 Å². The van der Waals surface area contributed by atoms with E-state index >= 15 is 0 Å². The van der Waals surface area contributed by atoms with E-state index in [-0.39, 0.29) is 111 Å². The Labute approximate surface area is 501 Å². The average Bonchev–Trinajstić information content (AvgIpc) is 3.47. The topological polar surface area (TPSA) is 314 Å². The van der Waals surface area contributed by atoms with Crippen LogP contribution in [0.25, 0.3) is 11.5 Å². The molecule has 388 valence electrons. The van der Waals surface area contributed by atoms with E-state index in [2.05, 4.69) is 40.3 Å². The van der Waals surface area contributed by atoms with E-state index in [4.69, 9.17) is 10.2 Å². The maximum absolute atomic E-state index is 11.8. The van der Waals surface area contributed by atoms with E-state index in [1.54, 1.807) is 121 Å². The van der Waals surface area contributed by atoms with E-state index < -0.39 is 11.8 Å². The number of hydrogen-bond donors (Lipinski definition) is 2. The van der Waals surface area contributed by atoms with Gasteiger partial charge in [0.15, 0.2) is 11.6 Å². The number of aliphatic hydroxyl groups is 2. The van der Waals surface area contributed by atoms with Crippen molar-refractivity contribution in [2.75, 3.05) is 14.2 Å². The van der Waals surface area contributed by atoms with E-state index in [9.17, 15) is 40.2 Å². The van der Waals surface area contributed by atoms with Crippen LogP contribution in [0.1, 0.15) is 65.5 Å². The molecular formula is C58H50N8O10Y2. The van der Waals surface area contributed by atoms with Gasteiger partial charge in [-0.15, -0.1) is 0 Å². The Bertz CT molecular complexity index is 2980. The summed E-state index contributed by atoms with van der Waals surface area (Å²) in [7, 11) is 2.00. The third-order valence-corrected chi connectivity index (χ3v) is 9.34. The Morgan fingerprint density at radius 3 is 1.05 bits per heavy atom. The molecule has 0 saturated heterocycles. The summed E-state index contributed by atoms with van der Waals surface area (Å²) in [6.07, 6.45) is 13.1. The molecule has 0 aliphatic carbocycles. The number of hydrogen-bond acceptors (Lipinski definition) is 18. The van der Waals surface area contributed by atoms with E-state index in [1.165, 1.54) is 61.7 Å². The number of aryl methyl sites for hydroxylation is 2. The molecule has 2 aromatic heterocycles. The third kappa shape index (κ3) is 25.2. The Kier molecular flexibility index (Phi) is 34.2. The average molecular weight is 1200 g/mol. The first kappa shape index (κ1) is 67.9. The van der Waals surface area contributed by atoms with Gasteiger partial charge in [-0.05, 0) is 48.3 Å². The molecule has 0 saturated carbocycles. The number of aromatic nitrogens is 4. The Hall–Kier alpha value is -8.09. The zero-order valence-corrected chi connectivity index (χ0v) is 48.4. The van der Waals surface area contributed by atoms with Crippen molar-refractivity contribution in [3.05, 3.63) is 263 Å². The molecule has 0 unspecified atom stereocenters. The van der Waals surface area contributed by atoms with Crippen LogP contribution in [0.4, 0.5) is 0 Å². The molecule has 0 atom stereocenters. The van der Waals surface area contributed by atoms with Gasteiger partial charge < -0.3 is 40.9 Å². The standard InChI is InChI=1S/2C15H12O2.2C13H12N4O2.2CH4O.2Y/c2*16-14(12-7-3-1-4-8-12)11-15(17)13-9-5-2-6-10-13;2*1-9-2-3-12(18)10(6-9)7-16-17-13(19)11-8-14-4-5-15-11;2*1-2;;/h2*1-11,16H;2*2-8,18H,1H3,(H,17,19);2*2H,1H3;;/q;;;;;;2*+3/p-6/b2*14-11-;2*16-7+;;;;. The van der Waals surface area contributed by atoms with Gasteiger partial charge in [0, 0.05) is 61.9 Å². The van der Waals surface area contributed by atoms with Crippen LogP contribution in [-0.4, -0.2) is 80.2 Å². The normalized spacial score (nSPS) is 10.8. The minimum atomic E-state index is -0.607. The minimum absolute atomic E-state index is 0. The van der Waals surface area contributed by atoms with Crippen LogP contribution in [0.2, 0.25) is 0 Å². The molecule has 18 nitrogen and oxygen atoms in total. The van der Waals surface area contributed by atoms with Gasteiger partial charge in [0.2, 0.25) is 0 Å². The third-order valence-electron chi connectivity index (χ3n) is 9.34. The van der Waals surface area contributed by atoms with Crippen LogP contribution >= 0.6 is 0 Å². The Morgan fingerprint density at radius 1 is 0.449 bits per heavy atom. The summed E-state index contributed by atoms with van der Waals surface area (Å²) in [5.41, 5.74) is 4.94. The van der Waals surface area contributed by atoms with Gasteiger partial charge in [-0.1, -0.05) is 192 Å². The van der Waals surface area contributed by atoms with Gasteiger partial charge >= 0.3 is 65.4 Å². The molecule has 0 aliphatic heterocycles. The van der Waals surface area contributed by atoms with Crippen molar-refractivity contribution in [2.45, 2.75) is 13.8 Å². The summed E-state index contributed by atoms with van der Waals surface area (Å²) >= 11 is 0. The molecule has 2 heterocycles. The summed E-state index contributed by atoms with van der Waals surface area (Å²) < 4.78 is 0. The summed E-state index contributed by atoms with van der Waals surface area (Å²) in [5, 5.41) is 97.6. The number of allylic oxidation sites excluding steroid dienone is 2. The Balaban J connectivity index is 0.000000505. The van der Waals surface area contributed by atoms with Crippen molar-refractivity contribution in [1.29, 1.82) is 0 Å². The summed E-state index contributed by atoms with van der Waals surface area (Å²) in [6, 6.07) is 44.7. The molecule has 0 amide bonds. The molecule has 8 aromatic rings.